The van der Waals surface area contributed by atoms with Crippen molar-refractivity contribution < 1.29 is 24.5 Å². The zero-order valence-electron chi connectivity index (χ0n) is 33.4. The average Bonchev–Trinajstić information content (AvgIpc) is 3.81. The van der Waals surface area contributed by atoms with Crippen LogP contribution in [0.5, 0.6) is 0 Å². The Bertz CT molecular complexity index is 2810. The second-order valence-corrected chi connectivity index (χ2v) is 20.6. The molecule has 0 aliphatic carbocycles. The third-order valence-electron chi connectivity index (χ3n) is 10.4. The van der Waals surface area contributed by atoms with Crippen LogP contribution in [0.4, 0.5) is 0 Å². The van der Waals surface area contributed by atoms with Crippen molar-refractivity contribution in [3.05, 3.63) is 157 Å². The van der Waals surface area contributed by atoms with E-state index in [-0.39, 0.29) is 26.0 Å². The van der Waals surface area contributed by atoms with Gasteiger partial charge in [-0.25, -0.2) is 0 Å². The summed E-state index contributed by atoms with van der Waals surface area (Å²) < 4.78 is 8.61. The van der Waals surface area contributed by atoms with E-state index in [1.165, 1.54) is 16.3 Å². The number of aromatic nitrogens is 5. The summed E-state index contributed by atoms with van der Waals surface area (Å²) in [5.41, 5.74) is 14.2. The van der Waals surface area contributed by atoms with Gasteiger partial charge in [0.1, 0.15) is 5.58 Å². The van der Waals surface area contributed by atoms with Crippen molar-refractivity contribution in [3.63, 3.8) is 0 Å². The molecule has 5 aromatic heterocycles. The number of fused-ring (bicyclic) bond motifs is 4. The molecule has 0 fully saturated rings. The summed E-state index contributed by atoms with van der Waals surface area (Å²) in [6, 6.07) is 42.0. The van der Waals surface area contributed by atoms with Gasteiger partial charge in [-0.1, -0.05) is 107 Å². The van der Waals surface area contributed by atoms with Crippen LogP contribution in [-0.2, 0) is 26.5 Å². The van der Waals surface area contributed by atoms with Gasteiger partial charge in [0, 0.05) is 49.4 Å². The van der Waals surface area contributed by atoms with E-state index in [2.05, 4.69) is 152 Å². The Hall–Kier alpha value is -5.53. The molecule has 0 aliphatic rings. The molecule has 0 atom stereocenters. The van der Waals surface area contributed by atoms with Gasteiger partial charge in [0.05, 0.1) is 36.4 Å². The van der Waals surface area contributed by atoms with Gasteiger partial charge in [-0.3, -0.25) is 15.0 Å². The number of nitrogens with zero attached hydrogens (tertiary/aromatic N) is 5. The van der Waals surface area contributed by atoms with Gasteiger partial charge in [0.2, 0.25) is 0 Å². The monoisotopic (exact) mass is 940 g/mol. The predicted octanol–water partition coefficient (Wildman–Crippen LogP) is 11.9. The van der Waals surface area contributed by atoms with Gasteiger partial charge in [0.15, 0.2) is 0 Å². The summed E-state index contributed by atoms with van der Waals surface area (Å²) in [6.07, 6.45) is 8.66. The molecule has 4 aromatic carbocycles. The summed E-state index contributed by atoms with van der Waals surface area (Å²) >= 11 is 0. The van der Waals surface area contributed by atoms with Crippen LogP contribution in [0.1, 0.15) is 43.4 Å². The normalized spacial score (nSPS) is 11.5. The van der Waals surface area contributed by atoms with Crippen LogP contribution in [0, 0.1) is 19.1 Å². The van der Waals surface area contributed by atoms with Gasteiger partial charge in [-0.2, -0.15) is 0 Å². The minimum Gasteiger partial charge on any atom is -0.513 e. The van der Waals surface area contributed by atoms with Gasteiger partial charge in [0.25, 0.3) is 0 Å². The van der Waals surface area contributed by atoms with Crippen LogP contribution in [0.2, 0.25) is 19.6 Å². The summed E-state index contributed by atoms with van der Waals surface area (Å²) in [5, 5.41) is 2.50. The van der Waals surface area contributed by atoms with Crippen molar-refractivity contribution >= 4 is 46.4 Å². The maximum absolute atomic E-state index is 6.40. The zero-order chi connectivity index (χ0) is 39.0. The van der Waals surface area contributed by atoms with E-state index in [1.807, 2.05) is 48.8 Å². The molecule has 0 spiro atoms. The van der Waals surface area contributed by atoms with Crippen LogP contribution in [0.3, 0.4) is 0 Å². The molecule has 0 N–H and O–H groups in total. The maximum atomic E-state index is 6.40. The quantitative estimate of drug-likeness (QED) is 0.118. The third kappa shape index (κ3) is 7.78. The molecule has 0 unspecified atom stereocenters. The van der Waals surface area contributed by atoms with Gasteiger partial charge in [-0.05, 0) is 76.8 Å². The van der Waals surface area contributed by atoms with Gasteiger partial charge >= 0.3 is 0 Å². The Balaban J connectivity index is 0.000000221. The number of hydrogen-bond donors (Lipinski definition) is 0. The molecule has 0 saturated carbocycles. The van der Waals surface area contributed by atoms with E-state index < -0.39 is 8.07 Å². The molecule has 9 rings (SSSR count). The number of benzene rings is 4. The molecule has 0 amide bonds. The van der Waals surface area contributed by atoms with Crippen LogP contribution >= 0.6 is 0 Å². The minimum absolute atomic E-state index is 0. The number of rotatable bonds is 7. The number of imidazole rings is 1. The molecular weight excluding hydrogens is 895 g/mol. The Kier molecular flexibility index (Phi) is 11.5. The minimum atomic E-state index is -1.30. The first-order valence-corrected chi connectivity index (χ1v) is 22.8. The molecular formula is C49H45IrN5OSi-2. The Morgan fingerprint density at radius 1 is 0.807 bits per heavy atom. The van der Waals surface area contributed by atoms with E-state index >= 15 is 0 Å². The van der Waals surface area contributed by atoms with E-state index in [1.54, 1.807) is 6.20 Å². The summed E-state index contributed by atoms with van der Waals surface area (Å²) in [7, 11) is -1.30. The molecule has 0 aliphatic heterocycles. The van der Waals surface area contributed by atoms with Crippen LogP contribution < -0.4 is 5.19 Å². The SMILES string of the molecule is CCc1cc(-c2[c-]cccc2)ncc1[Si](C)(C)C.Cc1cccc2oc3c(-c4nc5cncc(C(C)C)c5n4-c4ccc(-c5ccccc5)cc4)[c-]cnc3c12.[Ir]. The molecule has 6 nitrogen and oxygen atoms in total. The smallest absolute Gasteiger partial charge is 0.119 e. The Labute approximate surface area is 349 Å². The number of pyridine rings is 3. The molecule has 1 radical (unpaired) electrons. The zero-order valence-corrected chi connectivity index (χ0v) is 36.8. The number of furan rings is 1. The van der Waals surface area contributed by atoms with Gasteiger partial charge < -0.3 is 14.0 Å². The fraction of sp³-hybridized carbons (Fsp3) is 0.184. The van der Waals surface area contributed by atoms with Crippen LogP contribution in [-0.4, -0.2) is 32.6 Å². The van der Waals surface area contributed by atoms with Crippen molar-refractivity contribution in [2.24, 2.45) is 0 Å². The Morgan fingerprint density at radius 3 is 2.26 bits per heavy atom. The van der Waals surface area contributed by atoms with Crippen molar-refractivity contribution in [3.8, 4) is 39.5 Å². The van der Waals surface area contributed by atoms with E-state index in [0.29, 0.717) is 5.58 Å². The molecule has 0 saturated heterocycles. The van der Waals surface area contributed by atoms with E-state index in [9.17, 15) is 0 Å². The largest absolute Gasteiger partial charge is 0.513 e. The van der Waals surface area contributed by atoms with Crippen LogP contribution in [0.25, 0.3) is 72.6 Å². The number of aryl methyl sites for hydroxylation is 2. The molecule has 9 aromatic rings. The second kappa shape index (κ2) is 16.5. The van der Waals surface area contributed by atoms with E-state index in [4.69, 9.17) is 9.40 Å². The second-order valence-electron chi connectivity index (χ2n) is 15.5. The molecule has 287 valence electrons. The van der Waals surface area contributed by atoms with Crippen molar-refractivity contribution in [1.29, 1.82) is 0 Å². The molecule has 57 heavy (non-hydrogen) atoms. The molecule has 5 heterocycles. The van der Waals surface area contributed by atoms with Crippen molar-refractivity contribution in [2.75, 3.05) is 0 Å². The summed E-state index contributed by atoms with van der Waals surface area (Å²) in [4.78, 5) is 18.9. The first-order chi connectivity index (χ1) is 27.1. The fourth-order valence-corrected chi connectivity index (χ4v) is 9.14. The van der Waals surface area contributed by atoms with Crippen LogP contribution in [0.15, 0.2) is 132 Å². The average molecular weight is 940 g/mol. The van der Waals surface area contributed by atoms with Crippen molar-refractivity contribution in [2.45, 2.75) is 59.7 Å². The summed E-state index contributed by atoms with van der Waals surface area (Å²) in [5.74, 6) is 1.03. The standard InChI is InChI=1S/C33H25N4O.C16H20NSi.Ir/c1-20(2)26-18-34-19-27-31(26)37(24-14-12-23(13-15-24)22-9-5-4-6-10-22)33(36-27)25-16-17-35-30-29-21(3)8-7-11-28(29)38-32(25)30;1-5-13-11-15(14-9-7-6-8-10-14)17-12-16(13)18(2,3)4;/h4-15,17-20H,1-3H3;6-9,11-12H,5H2,1-4H3;/q2*-1;. The molecule has 0 bridgehead atoms. The fourth-order valence-electron chi connectivity index (χ4n) is 7.48. The van der Waals surface area contributed by atoms with Crippen molar-refractivity contribution in [1.82, 2.24) is 24.5 Å². The molecule has 8 heteroatoms. The first-order valence-electron chi connectivity index (χ1n) is 19.3. The summed E-state index contributed by atoms with van der Waals surface area (Å²) in [6.45, 7) is 15.8. The van der Waals surface area contributed by atoms with Gasteiger partial charge in [-0.15, -0.1) is 47.5 Å². The predicted molar refractivity (Wildman–Crippen MR) is 233 cm³/mol. The van der Waals surface area contributed by atoms with E-state index in [0.717, 1.165) is 79.0 Å². The topological polar surface area (TPSA) is 69.6 Å². The Morgan fingerprint density at radius 2 is 1.56 bits per heavy atom. The first kappa shape index (κ1) is 39.7. The third-order valence-corrected chi connectivity index (χ3v) is 12.4. The maximum Gasteiger partial charge on any atom is 0.119 e. The number of hydrogen-bond acceptors (Lipinski definition) is 5.